The highest BCUT2D eigenvalue weighted by Gasteiger charge is 2.39. The Morgan fingerprint density at radius 3 is 2.60 bits per heavy atom. The third-order valence-corrected chi connectivity index (χ3v) is 3.97. The van der Waals surface area contributed by atoms with Gasteiger partial charge in [-0.15, -0.1) is 0 Å². The monoisotopic (exact) mass is 271 g/mol. The van der Waals surface area contributed by atoms with Crippen LogP contribution in [0, 0.1) is 5.92 Å². The third-order valence-electron chi connectivity index (χ3n) is 3.97. The zero-order valence-corrected chi connectivity index (χ0v) is 12.3. The second-order valence-electron chi connectivity index (χ2n) is 6.14. The number of methoxy groups -OCH3 is 1. The van der Waals surface area contributed by atoms with Crippen LogP contribution >= 0.6 is 0 Å². The van der Waals surface area contributed by atoms with Crippen LogP contribution in [-0.4, -0.2) is 25.2 Å². The van der Waals surface area contributed by atoms with E-state index >= 15 is 0 Å². The molecule has 106 valence electrons. The summed E-state index contributed by atoms with van der Waals surface area (Å²) in [4.78, 5) is 4.75. The first-order chi connectivity index (χ1) is 9.59. The molecule has 0 spiro atoms. The van der Waals surface area contributed by atoms with E-state index in [4.69, 9.17) is 14.5 Å². The predicted octanol–water partition coefficient (Wildman–Crippen LogP) is 3.53. The largest absolute Gasteiger partial charge is 0.501 e. The van der Waals surface area contributed by atoms with Gasteiger partial charge in [0, 0.05) is 12.3 Å². The topological polar surface area (TPSA) is 30.8 Å². The number of nitrogens with zero attached hydrogens (tertiary/aromatic N) is 1. The van der Waals surface area contributed by atoms with Gasteiger partial charge in [-0.05, 0) is 25.5 Å². The molecule has 3 rings (SSSR count). The molecular weight excluding hydrogens is 250 g/mol. The smallest absolute Gasteiger partial charge is 0.188 e. The van der Waals surface area contributed by atoms with E-state index in [-0.39, 0.29) is 11.5 Å². The van der Waals surface area contributed by atoms with E-state index in [0.717, 1.165) is 18.1 Å². The lowest BCUT2D eigenvalue weighted by Gasteiger charge is -2.18. The number of ether oxygens (including phenoxy) is 2. The molecule has 1 aliphatic heterocycles. The van der Waals surface area contributed by atoms with Gasteiger partial charge < -0.3 is 9.47 Å². The van der Waals surface area contributed by atoms with E-state index in [1.807, 2.05) is 6.07 Å². The molecule has 1 aliphatic carbocycles. The van der Waals surface area contributed by atoms with Crippen LogP contribution in [0.4, 0.5) is 0 Å². The van der Waals surface area contributed by atoms with E-state index in [2.05, 4.69) is 44.2 Å². The number of aliphatic imine (C=N–C) groups is 1. The zero-order chi connectivity index (χ0) is 14.2. The number of allylic oxidation sites excluding steroid dienone is 2. The molecule has 2 atom stereocenters. The highest BCUT2D eigenvalue weighted by molar-refractivity contribution is 5.83. The van der Waals surface area contributed by atoms with Crippen molar-refractivity contribution in [3.05, 3.63) is 47.7 Å². The first-order valence-electron chi connectivity index (χ1n) is 7.11. The van der Waals surface area contributed by atoms with Crippen molar-refractivity contribution >= 4 is 5.90 Å². The normalized spacial score (nSPS) is 27.8. The van der Waals surface area contributed by atoms with Crippen LogP contribution in [0.5, 0.6) is 0 Å². The van der Waals surface area contributed by atoms with Crippen LogP contribution < -0.4 is 0 Å². The summed E-state index contributed by atoms with van der Waals surface area (Å²) in [6, 6.07) is 10.5. The van der Waals surface area contributed by atoms with Gasteiger partial charge in [-0.25, -0.2) is 4.99 Å². The Morgan fingerprint density at radius 1 is 1.25 bits per heavy atom. The summed E-state index contributed by atoms with van der Waals surface area (Å²) in [5, 5.41) is 0. The average molecular weight is 271 g/mol. The summed E-state index contributed by atoms with van der Waals surface area (Å²) in [5.74, 6) is 2.46. The second-order valence-corrected chi connectivity index (χ2v) is 6.14. The van der Waals surface area contributed by atoms with Gasteiger partial charge in [0.25, 0.3) is 0 Å². The molecule has 2 aliphatic rings. The Bertz CT molecular complexity index is 545. The molecule has 0 saturated carbocycles. The molecule has 1 aromatic carbocycles. The van der Waals surface area contributed by atoms with Crippen LogP contribution in [0.2, 0.25) is 0 Å². The second kappa shape index (κ2) is 4.97. The van der Waals surface area contributed by atoms with Crippen LogP contribution in [0.1, 0.15) is 31.7 Å². The molecular formula is C17H21NO2. The highest BCUT2D eigenvalue weighted by atomic mass is 16.5. The van der Waals surface area contributed by atoms with Crippen molar-refractivity contribution < 1.29 is 9.47 Å². The number of rotatable bonds is 3. The summed E-state index contributed by atoms with van der Waals surface area (Å²) >= 11 is 0. The number of hydrogen-bond acceptors (Lipinski definition) is 3. The van der Waals surface area contributed by atoms with Gasteiger partial charge in [-0.2, -0.15) is 0 Å². The lowest BCUT2D eigenvalue weighted by molar-refractivity contribution is 0.253. The lowest BCUT2D eigenvalue weighted by Crippen LogP contribution is -2.18. The first kappa shape index (κ1) is 13.2. The summed E-state index contributed by atoms with van der Waals surface area (Å²) < 4.78 is 11.3. The molecule has 0 unspecified atom stereocenters. The van der Waals surface area contributed by atoms with Crippen molar-refractivity contribution in [2.24, 2.45) is 10.9 Å². The van der Waals surface area contributed by atoms with Crippen LogP contribution in [0.3, 0.4) is 0 Å². The van der Waals surface area contributed by atoms with Gasteiger partial charge in [-0.3, -0.25) is 0 Å². The summed E-state index contributed by atoms with van der Waals surface area (Å²) in [6.07, 6.45) is 3.07. The van der Waals surface area contributed by atoms with Gasteiger partial charge in [0.2, 0.25) is 0 Å². The summed E-state index contributed by atoms with van der Waals surface area (Å²) in [5.41, 5.74) is 1.19. The molecule has 20 heavy (non-hydrogen) atoms. The van der Waals surface area contributed by atoms with E-state index < -0.39 is 0 Å². The molecule has 0 fully saturated rings. The van der Waals surface area contributed by atoms with E-state index in [9.17, 15) is 0 Å². The van der Waals surface area contributed by atoms with E-state index in [0.29, 0.717) is 12.5 Å². The van der Waals surface area contributed by atoms with Crippen molar-refractivity contribution in [3.8, 4) is 0 Å². The minimum Gasteiger partial charge on any atom is -0.501 e. The lowest BCUT2D eigenvalue weighted by atomic mass is 9.88. The quantitative estimate of drug-likeness (QED) is 0.842. The summed E-state index contributed by atoms with van der Waals surface area (Å²) in [7, 11) is 1.73. The Balaban J connectivity index is 1.91. The fourth-order valence-electron chi connectivity index (χ4n) is 2.93. The minimum absolute atomic E-state index is 0.105. The molecule has 1 heterocycles. The van der Waals surface area contributed by atoms with Gasteiger partial charge in [0.05, 0.1) is 24.3 Å². The fraction of sp³-hybridized carbons (Fsp3) is 0.471. The SMILES string of the molecule is COC1=C[C@@H](c2ccccc2)[C@H](C2=NC(C)(C)CO2)C1. The third kappa shape index (κ3) is 2.45. The molecule has 0 amide bonds. The van der Waals surface area contributed by atoms with E-state index in [1.165, 1.54) is 5.56 Å². The number of benzene rings is 1. The highest BCUT2D eigenvalue weighted by Crippen LogP contribution is 2.41. The maximum Gasteiger partial charge on any atom is 0.188 e. The van der Waals surface area contributed by atoms with Crippen molar-refractivity contribution in [2.75, 3.05) is 13.7 Å². The van der Waals surface area contributed by atoms with Crippen LogP contribution in [0.15, 0.2) is 47.2 Å². The minimum atomic E-state index is -0.105. The molecule has 0 bridgehead atoms. The molecule has 0 N–H and O–H groups in total. The molecule has 3 heteroatoms. The Kier molecular flexibility index (Phi) is 3.28. The van der Waals surface area contributed by atoms with Crippen molar-refractivity contribution in [1.82, 2.24) is 0 Å². The first-order valence-corrected chi connectivity index (χ1v) is 7.11. The van der Waals surface area contributed by atoms with Crippen molar-refractivity contribution in [2.45, 2.75) is 31.7 Å². The van der Waals surface area contributed by atoms with Crippen LogP contribution in [-0.2, 0) is 9.47 Å². The Morgan fingerprint density at radius 2 is 2.00 bits per heavy atom. The molecule has 1 aromatic rings. The van der Waals surface area contributed by atoms with Crippen LogP contribution in [0.25, 0.3) is 0 Å². The zero-order valence-electron chi connectivity index (χ0n) is 12.3. The van der Waals surface area contributed by atoms with Gasteiger partial charge in [-0.1, -0.05) is 30.3 Å². The van der Waals surface area contributed by atoms with Crippen molar-refractivity contribution in [1.29, 1.82) is 0 Å². The summed E-state index contributed by atoms with van der Waals surface area (Å²) in [6.45, 7) is 4.89. The standard InChI is InChI=1S/C17H21NO2/c1-17(2)11-20-16(18-17)15-10-13(19-3)9-14(15)12-7-5-4-6-8-12/h4-9,14-15H,10-11H2,1-3H3/t14-,15+/m0/s1. The molecule has 3 nitrogen and oxygen atoms in total. The maximum atomic E-state index is 5.86. The van der Waals surface area contributed by atoms with Crippen molar-refractivity contribution in [3.63, 3.8) is 0 Å². The predicted molar refractivity (Wildman–Crippen MR) is 79.8 cm³/mol. The molecule has 0 radical (unpaired) electrons. The molecule has 0 aromatic heterocycles. The van der Waals surface area contributed by atoms with Gasteiger partial charge in [0.15, 0.2) is 5.90 Å². The number of hydrogen-bond donors (Lipinski definition) is 0. The fourth-order valence-corrected chi connectivity index (χ4v) is 2.93. The molecule has 0 saturated heterocycles. The van der Waals surface area contributed by atoms with Gasteiger partial charge >= 0.3 is 0 Å². The maximum absolute atomic E-state index is 5.86. The Labute approximate surface area is 120 Å². The Hall–Kier alpha value is -1.77. The average Bonchev–Trinajstić information content (AvgIpc) is 3.03. The van der Waals surface area contributed by atoms with Gasteiger partial charge in [0.1, 0.15) is 6.61 Å². The van der Waals surface area contributed by atoms with E-state index in [1.54, 1.807) is 7.11 Å².